The second-order valence-corrected chi connectivity index (χ2v) is 4.93. The molecule has 0 spiro atoms. The lowest BCUT2D eigenvalue weighted by atomic mass is 10.1. The van der Waals surface area contributed by atoms with Crippen molar-refractivity contribution in [2.75, 3.05) is 5.32 Å². The predicted octanol–water partition coefficient (Wildman–Crippen LogP) is 3.76. The Bertz CT molecular complexity index is 851. The number of nitrogens with one attached hydrogen (secondary N) is 1. The molecule has 0 amide bonds. The quantitative estimate of drug-likeness (QED) is 0.760. The molecule has 0 atom stereocenters. The molecule has 0 bridgehead atoms. The van der Waals surface area contributed by atoms with Crippen LogP contribution in [0.4, 0.5) is 24.7 Å². The summed E-state index contributed by atoms with van der Waals surface area (Å²) in [5.74, 6) is 0.210. The van der Waals surface area contributed by atoms with Crippen LogP contribution < -0.4 is 10.1 Å². The number of halogens is 3. The number of anilines is 2. The number of alkyl halides is 3. The van der Waals surface area contributed by atoms with E-state index in [0.717, 1.165) is 10.9 Å². The smallest absolute Gasteiger partial charge is 0.406 e. The Morgan fingerprint density at radius 3 is 2.46 bits per heavy atom. The maximum Gasteiger partial charge on any atom is 0.573 e. The summed E-state index contributed by atoms with van der Waals surface area (Å²) in [5.41, 5.74) is 1.92. The first-order valence-corrected chi connectivity index (χ1v) is 6.92. The summed E-state index contributed by atoms with van der Waals surface area (Å²) in [7, 11) is 0. The molecule has 124 valence electrons. The second-order valence-electron chi connectivity index (χ2n) is 4.93. The normalized spacial score (nSPS) is 11.5. The fourth-order valence-corrected chi connectivity index (χ4v) is 2.18. The molecule has 0 aliphatic heterocycles. The van der Waals surface area contributed by atoms with Gasteiger partial charge in [0.2, 0.25) is 0 Å². The van der Waals surface area contributed by atoms with E-state index in [0.29, 0.717) is 17.0 Å². The van der Waals surface area contributed by atoms with Gasteiger partial charge in [0.15, 0.2) is 0 Å². The molecule has 3 rings (SSSR count). The van der Waals surface area contributed by atoms with Crippen LogP contribution in [-0.4, -0.2) is 21.4 Å². The lowest BCUT2D eigenvalue weighted by Gasteiger charge is -2.11. The van der Waals surface area contributed by atoms with Gasteiger partial charge in [0.1, 0.15) is 17.9 Å². The molecule has 0 saturated heterocycles. The van der Waals surface area contributed by atoms with E-state index in [9.17, 15) is 13.2 Å². The van der Waals surface area contributed by atoms with Crippen molar-refractivity contribution in [2.45, 2.75) is 13.0 Å². The second kappa shape index (κ2) is 6.32. The van der Waals surface area contributed by atoms with Crippen molar-refractivity contribution in [1.82, 2.24) is 9.97 Å². The zero-order chi connectivity index (χ0) is 17.2. The topological polar surface area (TPSA) is 67.3 Å². The Labute approximate surface area is 134 Å². The van der Waals surface area contributed by atoms with Crippen LogP contribution in [0, 0.1) is 0 Å². The summed E-state index contributed by atoms with van der Waals surface area (Å²) < 4.78 is 40.3. The van der Waals surface area contributed by atoms with E-state index in [1.807, 2.05) is 0 Å². The van der Waals surface area contributed by atoms with Crippen LogP contribution in [0.2, 0.25) is 0 Å². The maximum atomic E-state index is 12.2. The van der Waals surface area contributed by atoms with Gasteiger partial charge in [0.05, 0.1) is 12.1 Å². The number of benzene rings is 2. The van der Waals surface area contributed by atoms with Crippen LogP contribution in [0.3, 0.4) is 0 Å². The summed E-state index contributed by atoms with van der Waals surface area (Å²) in [6, 6.07) is 10.6. The van der Waals surface area contributed by atoms with Crippen LogP contribution in [0.1, 0.15) is 5.56 Å². The first-order valence-electron chi connectivity index (χ1n) is 6.92. The highest BCUT2D eigenvalue weighted by atomic mass is 19.4. The molecule has 0 radical (unpaired) electrons. The summed E-state index contributed by atoms with van der Waals surface area (Å²) in [6.07, 6.45) is -3.35. The lowest BCUT2D eigenvalue weighted by Crippen LogP contribution is -2.16. The van der Waals surface area contributed by atoms with E-state index < -0.39 is 6.36 Å². The van der Waals surface area contributed by atoms with Gasteiger partial charge in [-0.2, -0.15) is 0 Å². The van der Waals surface area contributed by atoms with Gasteiger partial charge >= 0.3 is 6.36 Å². The number of aliphatic hydroxyl groups excluding tert-OH is 1. The van der Waals surface area contributed by atoms with E-state index in [4.69, 9.17) is 5.11 Å². The van der Waals surface area contributed by atoms with Crippen molar-refractivity contribution in [1.29, 1.82) is 0 Å². The summed E-state index contributed by atoms with van der Waals surface area (Å²) in [5, 5.41) is 12.9. The van der Waals surface area contributed by atoms with E-state index >= 15 is 0 Å². The Morgan fingerprint density at radius 1 is 1.04 bits per heavy atom. The fraction of sp³-hybridized carbons (Fsp3) is 0.125. The number of ether oxygens (including phenoxy) is 1. The highest BCUT2D eigenvalue weighted by Crippen LogP contribution is 2.27. The molecule has 1 heterocycles. The Balaban J connectivity index is 1.84. The number of hydrogen-bond donors (Lipinski definition) is 2. The monoisotopic (exact) mass is 335 g/mol. The molecule has 0 saturated carbocycles. The minimum atomic E-state index is -4.72. The molecule has 2 N–H and O–H groups in total. The highest BCUT2D eigenvalue weighted by molar-refractivity contribution is 5.90. The van der Waals surface area contributed by atoms with Gasteiger partial charge in [-0.05, 0) is 42.0 Å². The zero-order valence-electron chi connectivity index (χ0n) is 12.2. The largest absolute Gasteiger partial charge is 0.573 e. The van der Waals surface area contributed by atoms with E-state index in [1.54, 1.807) is 18.2 Å². The Hall–Kier alpha value is -2.87. The van der Waals surface area contributed by atoms with Crippen molar-refractivity contribution >= 4 is 22.4 Å². The van der Waals surface area contributed by atoms with Crippen molar-refractivity contribution in [2.24, 2.45) is 0 Å². The van der Waals surface area contributed by atoms with Gasteiger partial charge in [0.25, 0.3) is 0 Å². The summed E-state index contributed by atoms with van der Waals surface area (Å²) in [6.45, 7) is -0.0939. The minimum absolute atomic E-state index is 0.0939. The molecule has 24 heavy (non-hydrogen) atoms. The van der Waals surface area contributed by atoms with Gasteiger partial charge in [-0.25, -0.2) is 9.97 Å². The van der Waals surface area contributed by atoms with Crippen LogP contribution in [0.15, 0.2) is 48.8 Å². The molecule has 0 aliphatic rings. The molecular weight excluding hydrogens is 323 g/mol. The molecule has 8 heteroatoms. The van der Waals surface area contributed by atoms with Gasteiger partial charge in [-0.3, -0.25) is 0 Å². The van der Waals surface area contributed by atoms with Crippen molar-refractivity contribution in [3.8, 4) is 5.75 Å². The summed E-state index contributed by atoms with van der Waals surface area (Å²) in [4.78, 5) is 8.28. The first-order chi connectivity index (χ1) is 11.4. The molecule has 5 nitrogen and oxygen atoms in total. The molecule has 1 aromatic heterocycles. The van der Waals surface area contributed by atoms with Gasteiger partial charge < -0.3 is 15.2 Å². The SMILES string of the molecule is OCc1ccc2c(Nc3ccc(OC(F)(F)F)cc3)ncnc2c1. The van der Waals surface area contributed by atoms with Gasteiger partial charge in [-0.1, -0.05) is 6.07 Å². The Morgan fingerprint density at radius 2 is 1.79 bits per heavy atom. The van der Waals surface area contributed by atoms with Crippen LogP contribution in [0.25, 0.3) is 10.9 Å². The summed E-state index contributed by atoms with van der Waals surface area (Å²) >= 11 is 0. The molecule has 0 unspecified atom stereocenters. The number of hydrogen-bond acceptors (Lipinski definition) is 5. The lowest BCUT2D eigenvalue weighted by molar-refractivity contribution is -0.274. The van der Waals surface area contributed by atoms with Crippen LogP contribution in [0.5, 0.6) is 5.75 Å². The molecule has 2 aromatic carbocycles. The van der Waals surface area contributed by atoms with Crippen LogP contribution >= 0.6 is 0 Å². The zero-order valence-corrected chi connectivity index (χ0v) is 12.2. The highest BCUT2D eigenvalue weighted by Gasteiger charge is 2.30. The minimum Gasteiger partial charge on any atom is -0.406 e. The molecule has 0 fully saturated rings. The average molecular weight is 335 g/mol. The maximum absolute atomic E-state index is 12.2. The fourth-order valence-electron chi connectivity index (χ4n) is 2.18. The van der Waals surface area contributed by atoms with E-state index in [1.165, 1.54) is 30.6 Å². The molecule has 3 aromatic rings. The van der Waals surface area contributed by atoms with Crippen LogP contribution in [-0.2, 0) is 6.61 Å². The first kappa shape index (κ1) is 16.0. The molecule has 0 aliphatic carbocycles. The third kappa shape index (κ3) is 3.72. The third-order valence-electron chi connectivity index (χ3n) is 3.23. The number of nitrogens with zero attached hydrogens (tertiary/aromatic N) is 2. The van der Waals surface area contributed by atoms with E-state index in [2.05, 4.69) is 20.0 Å². The van der Waals surface area contributed by atoms with Gasteiger partial charge in [-0.15, -0.1) is 13.2 Å². The standard InChI is InChI=1S/C16H12F3N3O2/c17-16(18,19)24-12-4-2-11(3-5-12)22-15-13-6-1-10(8-23)7-14(13)20-9-21-15/h1-7,9,23H,8H2,(H,20,21,22). The number of aliphatic hydroxyl groups is 1. The predicted molar refractivity (Wildman–Crippen MR) is 81.9 cm³/mol. The van der Waals surface area contributed by atoms with E-state index in [-0.39, 0.29) is 12.4 Å². The number of aromatic nitrogens is 2. The number of rotatable bonds is 4. The van der Waals surface area contributed by atoms with Crippen molar-refractivity contribution < 1.29 is 23.0 Å². The number of fused-ring (bicyclic) bond motifs is 1. The van der Waals surface area contributed by atoms with Gasteiger partial charge in [0, 0.05) is 11.1 Å². The van der Waals surface area contributed by atoms with Crippen molar-refractivity contribution in [3.05, 3.63) is 54.4 Å². The third-order valence-corrected chi connectivity index (χ3v) is 3.23. The average Bonchev–Trinajstić information content (AvgIpc) is 2.55. The Kier molecular flexibility index (Phi) is 4.22. The molecular formula is C16H12F3N3O2. The van der Waals surface area contributed by atoms with Crippen molar-refractivity contribution in [3.63, 3.8) is 0 Å².